The zero-order valence-electron chi connectivity index (χ0n) is 15.3. The summed E-state index contributed by atoms with van der Waals surface area (Å²) >= 11 is 5.79. The van der Waals surface area contributed by atoms with Gasteiger partial charge < -0.3 is 10.6 Å². The number of nitrogens with one attached hydrogen (secondary N) is 2. The summed E-state index contributed by atoms with van der Waals surface area (Å²) in [6, 6.07) is 17.6. The molecule has 0 spiro atoms. The molecule has 0 saturated carbocycles. The third-order valence-electron chi connectivity index (χ3n) is 4.18. The minimum absolute atomic E-state index is 0.0192. The first-order valence-electron chi connectivity index (χ1n) is 8.57. The van der Waals surface area contributed by atoms with E-state index in [2.05, 4.69) is 10.6 Å². The van der Waals surface area contributed by atoms with Gasteiger partial charge in [-0.05, 0) is 48.9 Å². The van der Waals surface area contributed by atoms with E-state index < -0.39 is 10.8 Å². The van der Waals surface area contributed by atoms with Crippen LogP contribution in [0.25, 0.3) is 0 Å². The van der Waals surface area contributed by atoms with E-state index >= 15 is 0 Å². The smallest absolute Gasteiger partial charge is 0.289 e. The zero-order valence-corrected chi connectivity index (χ0v) is 16.1. The molecule has 0 aliphatic rings. The van der Waals surface area contributed by atoms with Gasteiger partial charge in [-0.1, -0.05) is 35.9 Å². The van der Waals surface area contributed by atoms with Crippen LogP contribution in [0.2, 0.25) is 5.02 Å². The first-order chi connectivity index (χ1) is 13.8. The minimum Gasteiger partial charge on any atom is -0.322 e. The van der Waals surface area contributed by atoms with Gasteiger partial charge in [0, 0.05) is 28.6 Å². The standard InChI is InChI=1S/C21H16ClN3O4/c1-13-7-8-15(11-18(13)24-20(26)14-5-3-2-4-6-14)21(27)23-16-9-10-17(22)19(12-16)25(28)29/h2-12H,1H3,(H,23,27)(H,24,26). The lowest BCUT2D eigenvalue weighted by Gasteiger charge is -2.11. The minimum atomic E-state index is -0.624. The van der Waals surface area contributed by atoms with Crippen LogP contribution in [-0.2, 0) is 0 Å². The van der Waals surface area contributed by atoms with Crippen LogP contribution in [0.3, 0.4) is 0 Å². The lowest BCUT2D eigenvalue weighted by atomic mass is 10.1. The highest BCUT2D eigenvalue weighted by Crippen LogP contribution is 2.28. The molecular formula is C21H16ClN3O4. The number of carbonyl (C=O) groups excluding carboxylic acids is 2. The summed E-state index contributed by atoms with van der Waals surface area (Å²) < 4.78 is 0. The molecule has 0 aliphatic carbocycles. The van der Waals surface area contributed by atoms with Gasteiger partial charge in [0.25, 0.3) is 17.5 Å². The molecular weight excluding hydrogens is 394 g/mol. The maximum atomic E-state index is 12.6. The van der Waals surface area contributed by atoms with E-state index in [1.165, 1.54) is 18.2 Å². The predicted octanol–water partition coefficient (Wildman–Crippen LogP) is 5.06. The van der Waals surface area contributed by atoms with Crippen LogP contribution >= 0.6 is 11.6 Å². The molecule has 0 radical (unpaired) electrons. The number of nitro groups is 1. The quantitative estimate of drug-likeness (QED) is 0.454. The van der Waals surface area contributed by atoms with Crippen LogP contribution in [-0.4, -0.2) is 16.7 Å². The summed E-state index contributed by atoms with van der Waals surface area (Å²) in [7, 11) is 0. The molecule has 7 nitrogen and oxygen atoms in total. The van der Waals surface area contributed by atoms with Crippen LogP contribution in [0, 0.1) is 17.0 Å². The second-order valence-corrected chi connectivity index (χ2v) is 6.63. The molecule has 0 aliphatic heterocycles. The van der Waals surface area contributed by atoms with Crippen molar-refractivity contribution >= 4 is 40.5 Å². The summed E-state index contributed by atoms with van der Waals surface area (Å²) in [4.78, 5) is 35.3. The molecule has 3 aromatic carbocycles. The second kappa shape index (κ2) is 8.53. The van der Waals surface area contributed by atoms with Crippen molar-refractivity contribution in [3.63, 3.8) is 0 Å². The fraction of sp³-hybridized carbons (Fsp3) is 0.0476. The topological polar surface area (TPSA) is 101 Å². The van der Waals surface area contributed by atoms with Crippen LogP contribution in [0.4, 0.5) is 17.1 Å². The summed E-state index contributed by atoms with van der Waals surface area (Å²) in [6.07, 6.45) is 0. The molecule has 29 heavy (non-hydrogen) atoms. The normalized spacial score (nSPS) is 10.3. The Morgan fingerprint density at radius 3 is 2.28 bits per heavy atom. The number of anilines is 2. The molecule has 0 saturated heterocycles. The van der Waals surface area contributed by atoms with E-state index in [0.29, 0.717) is 11.3 Å². The summed E-state index contributed by atoms with van der Waals surface area (Å²) in [6.45, 7) is 1.81. The molecule has 3 aromatic rings. The summed E-state index contributed by atoms with van der Waals surface area (Å²) in [5.41, 5.74) is 2.00. The molecule has 0 atom stereocenters. The van der Waals surface area contributed by atoms with Gasteiger partial charge in [0.2, 0.25) is 0 Å². The second-order valence-electron chi connectivity index (χ2n) is 6.23. The van der Waals surface area contributed by atoms with Crippen molar-refractivity contribution in [3.05, 3.63) is 98.6 Å². The molecule has 2 N–H and O–H groups in total. The van der Waals surface area contributed by atoms with E-state index in [9.17, 15) is 19.7 Å². The van der Waals surface area contributed by atoms with E-state index in [1.54, 1.807) is 42.5 Å². The Balaban J connectivity index is 1.80. The Labute approximate surface area is 171 Å². The third-order valence-corrected chi connectivity index (χ3v) is 4.50. The molecule has 146 valence electrons. The number of halogens is 1. The van der Waals surface area contributed by atoms with Gasteiger partial charge in [-0.3, -0.25) is 19.7 Å². The Hall–Kier alpha value is -3.71. The van der Waals surface area contributed by atoms with Crippen molar-refractivity contribution in [2.45, 2.75) is 6.92 Å². The van der Waals surface area contributed by atoms with Crippen molar-refractivity contribution in [1.82, 2.24) is 0 Å². The highest BCUT2D eigenvalue weighted by atomic mass is 35.5. The Morgan fingerprint density at radius 1 is 0.897 bits per heavy atom. The SMILES string of the molecule is Cc1ccc(C(=O)Nc2ccc(Cl)c([N+](=O)[O-])c2)cc1NC(=O)c1ccccc1. The van der Waals surface area contributed by atoms with Crippen molar-refractivity contribution in [2.24, 2.45) is 0 Å². The number of hydrogen-bond acceptors (Lipinski definition) is 4. The van der Waals surface area contributed by atoms with E-state index in [0.717, 1.165) is 5.56 Å². The van der Waals surface area contributed by atoms with Crippen molar-refractivity contribution in [2.75, 3.05) is 10.6 Å². The number of nitro benzene ring substituents is 1. The van der Waals surface area contributed by atoms with Crippen molar-refractivity contribution in [1.29, 1.82) is 0 Å². The van der Waals surface area contributed by atoms with Crippen LogP contribution in [0.15, 0.2) is 66.7 Å². The van der Waals surface area contributed by atoms with E-state index in [4.69, 9.17) is 11.6 Å². The third kappa shape index (κ3) is 4.77. The number of benzene rings is 3. The molecule has 8 heteroatoms. The van der Waals surface area contributed by atoms with Crippen LogP contribution in [0.1, 0.15) is 26.3 Å². The molecule has 0 fully saturated rings. The summed E-state index contributed by atoms with van der Waals surface area (Å²) in [5.74, 6) is -0.767. The fourth-order valence-corrected chi connectivity index (χ4v) is 2.80. The van der Waals surface area contributed by atoms with Gasteiger partial charge in [0.1, 0.15) is 5.02 Å². The van der Waals surface area contributed by atoms with Gasteiger partial charge in [0.05, 0.1) is 4.92 Å². The summed E-state index contributed by atoms with van der Waals surface area (Å²) in [5, 5.41) is 16.4. The van der Waals surface area contributed by atoms with Crippen molar-refractivity contribution in [3.8, 4) is 0 Å². The average molecular weight is 410 g/mol. The first-order valence-corrected chi connectivity index (χ1v) is 8.95. The van der Waals surface area contributed by atoms with E-state index in [-0.39, 0.29) is 27.9 Å². The Kier molecular flexibility index (Phi) is 5.90. The number of nitrogens with zero attached hydrogens (tertiary/aromatic N) is 1. The van der Waals surface area contributed by atoms with Crippen LogP contribution in [0.5, 0.6) is 0 Å². The molecule has 3 rings (SSSR count). The number of carbonyl (C=O) groups is 2. The lowest BCUT2D eigenvalue weighted by molar-refractivity contribution is -0.384. The molecule has 0 aromatic heterocycles. The monoisotopic (exact) mass is 409 g/mol. The highest BCUT2D eigenvalue weighted by molar-refractivity contribution is 6.32. The maximum absolute atomic E-state index is 12.6. The number of aryl methyl sites for hydroxylation is 1. The van der Waals surface area contributed by atoms with Gasteiger partial charge in [-0.25, -0.2) is 0 Å². The maximum Gasteiger partial charge on any atom is 0.289 e. The predicted molar refractivity (Wildman–Crippen MR) is 112 cm³/mol. The van der Waals surface area contributed by atoms with E-state index in [1.807, 2.05) is 13.0 Å². The highest BCUT2D eigenvalue weighted by Gasteiger charge is 2.15. The lowest BCUT2D eigenvalue weighted by Crippen LogP contribution is -2.15. The molecule has 2 amide bonds. The van der Waals surface area contributed by atoms with Gasteiger partial charge in [-0.15, -0.1) is 0 Å². The number of amides is 2. The first kappa shape index (κ1) is 20.0. The average Bonchev–Trinajstić information content (AvgIpc) is 2.71. The Morgan fingerprint density at radius 2 is 1.59 bits per heavy atom. The number of hydrogen-bond donors (Lipinski definition) is 2. The largest absolute Gasteiger partial charge is 0.322 e. The van der Waals surface area contributed by atoms with Gasteiger partial charge in [-0.2, -0.15) is 0 Å². The molecule has 0 bridgehead atoms. The van der Waals surface area contributed by atoms with Crippen molar-refractivity contribution < 1.29 is 14.5 Å². The fourth-order valence-electron chi connectivity index (χ4n) is 2.62. The Bertz CT molecular complexity index is 1100. The molecule has 0 heterocycles. The zero-order chi connectivity index (χ0) is 21.0. The van der Waals surface area contributed by atoms with Gasteiger partial charge >= 0.3 is 0 Å². The molecule has 0 unspecified atom stereocenters. The number of rotatable bonds is 5. The van der Waals surface area contributed by atoms with Gasteiger partial charge in [0.15, 0.2) is 0 Å². The van der Waals surface area contributed by atoms with Crippen LogP contribution < -0.4 is 10.6 Å².